The summed E-state index contributed by atoms with van der Waals surface area (Å²) < 4.78 is 5.59. The van der Waals surface area contributed by atoms with Crippen molar-refractivity contribution in [2.45, 2.75) is 10.8 Å². The number of carbonyl (C=O) groups excluding carboxylic acids is 1. The van der Waals surface area contributed by atoms with E-state index in [-0.39, 0.29) is 10.8 Å². The highest BCUT2D eigenvalue weighted by Crippen LogP contribution is 2.41. The number of aliphatic imine (C=N–C) groups is 1. The van der Waals surface area contributed by atoms with Gasteiger partial charge in [-0.05, 0) is 18.2 Å². The van der Waals surface area contributed by atoms with Gasteiger partial charge < -0.3 is 4.74 Å². The lowest BCUT2D eigenvalue weighted by Crippen LogP contribution is -2.40. The Labute approximate surface area is 128 Å². The molecule has 0 radical (unpaired) electrons. The number of alkyl halides is 2. The third-order valence-electron chi connectivity index (χ3n) is 2.79. The topological polar surface area (TPSA) is 38.7 Å². The van der Waals surface area contributed by atoms with Gasteiger partial charge in [-0.3, -0.25) is 4.79 Å². The van der Waals surface area contributed by atoms with Crippen molar-refractivity contribution in [3.05, 3.63) is 34.0 Å². The van der Waals surface area contributed by atoms with Crippen LogP contribution < -0.4 is 4.74 Å². The summed E-state index contributed by atoms with van der Waals surface area (Å²) in [6.45, 7) is 0. The number of allylic oxidation sites excluding steroid dienone is 2. The SMILES string of the molecule is O=C1C(Cl)=C2Oc3ccc(Cl)cc3N=C2[C@H](Cl)[C@@H]1Cl. The monoisotopic (exact) mass is 335 g/mol. The Morgan fingerprint density at radius 2 is 1.89 bits per heavy atom. The maximum absolute atomic E-state index is 11.8. The lowest BCUT2D eigenvalue weighted by atomic mass is 10.00. The number of hydrogen-bond donors (Lipinski definition) is 0. The summed E-state index contributed by atoms with van der Waals surface area (Å²) in [5.74, 6) is 0.166. The fraction of sp³-hybridized carbons (Fsp3) is 0.167. The first-order chi connectivity index (χ1) is 8.99. The van der Waals surface area contributed by atoms with E-state index in [1.165, 1.54) is 0 Å². The molecular weight excluding hydrogens is 332 g/mol. The van der Waals surface area contributed by atoms with Crippen LogP contribution in [0.15, 0.2) is 34.0 Å². The van der Waals surface area contributed by atoms with Crippen molar-refractivity contribution >= 4 is 63.6 Å². The van der Waals surface area contributed by atoms with Gasteiger partial charge in [-0.15, -0.1) is 23.2 Å². The second-order valence-corrected chi connectivity index (χ2v) is 5.78. The maximum Gasteiger partial charge on any atom is 0.197 e. The van der Waals surface area contributed by atoms with Gasteiger partial charge in [0.1, 0.15) is 27.2 Å². The summed E-state index contributed by atoms with van der Waals surface area (Å²) in [5.41, 5.74) is 0.876. The van der Waals surface area contributed by atoms with Crippen molar-refractivity contribution in [2.75, 3.05) is 0 Å². The average molecular weight is 337 g/mol. The van der Waals surface area contributed by atoms with E-state index in [0.717, 1.165) is 0 Å². The first-order valence-corrected chi connectivity index (χ1v) is 6.90. The molecule has 0 unspecified atom stereocenters. The van der Waals surface area contributed by atoms with Gasteiger partial charge in [0, 0.05) is 5.02 Å². The van der Waals surface area contributed by atoms with E-state index in [1.54, 1.807) is 18.2 Å². The van der Waals surface area contributed by atoms with Crippen LogP contribution in [0.25, 0.3) is 0 Å². The van der Waals surface area contributed by atoms with Crippen LogP contribution in [0.4, 0.5) is 5.69 Å². The quantitative estimate of drug-likeness (QED) is 0.670. The normalized spacial score (nSPS) is 25.5. The van der Waals surface area contributed by atoms with Crippen LogP contribution in [0.3, 0.4) is 0 Å². The summed E-state index contributed by atoms with van der Waals surface area (Å²) in [6, 6.07) is 4.94. The fourth-order valence-corrected chi connectivity index (χ4v) is 2.82. The van der Waals surface area contributed by atoms with Crippen molar-refractivity contribution < 1.29 is 9.53 Å². The number of halogens is 4. The third-order valence-corrected chi connectivity index (χ3v) is 4.42. The van der Waals surface area contributed by atoms with Gasteiger partial charge in [0.2, 0.25) is 0 Å². The van der Waals surface area contributed by atoms with Crippen LogP contribution in [0.5, 0.6) is 5.75 Å². The van der Waals surface area contributed by atoms with Gasteiger partial charge in [-0.1, -0.05) is 23.2 Å². The molecule has 1 heterocycles. The molecule has 0 saturated carbocycles. The van der Waals surface area contributed by atoms with Crippen LogP contribution in [0.2, 0.25) is 5.02 Å². The minimum atomic E-state index is -0.957. The van der Waals surface area contributed by atoms with Crippen molar-refractivity contribution in [3.8, 4) is 5.75 Å². The van der Waals surface area contributed by atoms with Crippen LogP contribution in [0, 0.1) is 0 Å². The van der Waals surface area contributed by atoms with Gasteiger partial charge in [-0.2, -0.15) is 0 Å². The zero-order chi connectivity index (χ0) is 13.7. The Bertz CT molecular complexity index is 653. The maximum atomic E-state index is 11.8. The van der Waals surface area contributed by atoms with Crippen LogP contribution in [-0.4, -0.2) is 22.2 Å². The Balaban J connectivity index is 2.21. The number of rotatable bonds is 0. The standard InChI is InChI=1S/C12H5Cl4NO2/c13-4-1-2-6-5(3-4)17-10-7(14)8(15)11(18)9(16)12(10)19-6/h1-3,7-8H/t7-,8+/m1/s1. The molecular formula is C12H5Cl4NO2. The molecule has 1 aromatic rings. The molecule has 0 bridgehead atoms. The minimum absolute atomic E-state index is 0.0868. The number of ketones is 1. The zero-order valence-corrected chi connectivity index (χ0v) is 12.2. The van der Waals surface area contributed by atoms with E-state index in [9.17, 15) is 4.79 Å². The summed E-state index contributed by atoms with van der Waals surface area (Å²) >= 11 is 23.9. The van der Waals surface area contributed by atoms with E-state index >= 15 is 0 Å². The number of carbonyl (C=O) groups is 1. The Morgan fingerprint density at radius 3 is 2.63 bits per heavy atom. The van der Waals surface area contributed by atoms with E-state index in [2.05, 4.69) is 4.99 Å². The van der Waals surface area contributed by atoms with E-state index in [4.69, 9.17) is 51.1 Å². The third kappa shape index (κ3) is 2.05. The van der Waals surface area contributed by atoms with Crippen LogP contribution >= 0.6 is 46.4 Å². The molecule has 3 rings (SSSR count). The van der Waals surface area contributed by atoms with Crippen molar-refractivity contribution in [1.82, 2.24) is 0 Å². The second kappa shape index (κ2) is 4.67. The predicted molar refractivity (Wildman–Crippen MR) is 76.3 cm³/mol. The van der Waals surface area contributed by atoms with Crippen molar-refractivity contribution in [3.63, 3.8) is 0 Å². The molecule has 19 heavy (non-hydrogen) atoms. The smallest absolute Gasteiger partial charge is 0.197 e. The average Bonchev–Trinajstić information content (AvgIpc) is 2.41. The lowest BCUT2D eigenvalue weighted by molar-refractivity contribution is -0.114. The number of benzene rings is 1. The number of ether oxygens (including phenoxy) is 1. The molecule has 0 saturated heterocycles. The molecule has 3 nitrogen and oxygen atoms in total. The fourth-order valence-electron chi connectivity index (χ4n) is 1.86. The first kappa shape index (κ1) is 13.3. The highest BCUT2D eigenvalue weighted by Gasteiger charge is 2.42. The van der Waals surface area contributed by atoms with Crippen molar-refractivity contribution in [1.29, 1.82) is 0 Å². The van der Waals surface area contributed by atoms with Crippen LogP contribution in [0.1, 0.15) is 0 Å². The lowest BCUT2D eigenvalue weighted by Gasteiger charge is -2.28. The number of fused-ring (bicyclic) bond motifs is 2. The molecule has 1 aromatic carbocycles. The first-order valence-electron chi connectivity index (χ1n) is 5.27. The molecule has 0 amide bonds. The van der Waals surface area contributed by atoms with Gasteiger partial charge >= 0.3 is 0 Å². The molecule has 2 atom stereocenters. The molecule has 1 aliphatic heterocycles. The molecule has 0 fully saturated rings. The Hall–Kier alpha value is -0.740. The molecule has 1 aliphatic carbocycles. The Kier molecular flexibility index (Phi) is 3.26. The summed E-state index contributed by atoms with van der Waals surface area (Å²) in [7, 11) is 0. The zero-order valence-electron chi connectivity index (χ0n) is 9.16. The molecule has 7 heteroatoms. The number of Topliss-reactive ketones (excluding diaryl/α,β-unsaturated/α-hetero) is 1. The summed E-state index contributed by atoms with van der Waals surface area (Å²) in [6.07, 6.45) is 0. The van der Waals surface area contributed by atoms with E-state index in [0.29, 0.717) is 22.2 Å². The largest absolute Gasteiger partial charge is 0.451 e. The van der Waals surface area contributed by atoms with Gasteiger partial charge in [-0.25, -0.2) is 4.99 Å². The van der Waals surface area contributed by atoms with Crippen LogP contribution in [-0.2, 0) is 4.79 Å². The Morgan fingerprint density at radius 1 is 1.16 bits per heavy atom. The van der Waals surface area contributed by atoms with Gasteiger partial charge in [0.25, 0.3) is 0 Å². The van der Waals surface area contributed by atoms with E-state index in [1.807, 2.05) is 0 Å². The number of hydrogen-bond acceptors (Lipinski definition) is 3. The molecule has 0 spiro atoms. The highest BCUT2D eigenvalue weighted by atomic mass is 35.5. The predicted octanol–water partition coefficient (Wildman–Crippen LogP) is 4.05. The summed E-state index contributed by atoms with van der Waals surface area (Å²) in [5, 5.41) is -1.32. The molecule has 98 valence electrons. The summed E-state index contributed by atoms with van der Waals surface area (Å²) in [4.78, 5) is 16.1. The van der Waals surface area contributed by atoms with Gasteiger partial charge in [0.05, 0.1) is 0 Å². The minimum Gasteiger partial charge on any atom is -0.451 e. The highest BCUT2D eigenvalue weighted by molar-refractivity contribution is 6.57. The van der Waals surface area contributed by atoms with Crippen molar-refractivity contribution in [2.24, 2.45) is 4.99 Å². The molecule has 2 aliphatic rings. The van der Waals surface area contributed by atoms with Gasteiger partial charge in [0.15, 0.2) is 17.3 Å². The molecule has 0 N–H and O–H groups in total. The second-order valence-electron chi connectivity index (χ2n) is 4.02. The molecule has 0 aromatic heterocycles. The number of nitrogens with zero attached hydrogens (tertiary/aromatic N) is 1. The van der Waals surface area contributed by atoms with E-state index < -0.39 is 16.5 Å².